The van der Waals surface area contributed by atoms with Crippen LogP contribution in [0.1, 0.15) is 26.2 Å². The second-order valence-electron chi connectivity index (χ2n) is 8.18. The Hall–Kier alpha value is -1.45. The molecule has 0 bridgehead atoms. The Morgan fingerprint density at radius 2 is 1.86 bits per heavy atom. The molecule has 3 atom stereocenters. The summed E-state index contributed by atoms with van der Waals surface area (Å²) in [5.74, 6) is -0.897. The smallest absolute Gasteiger partial charge is 0.246 e. The molecule has 9 heteroatoms. The van der Waals surface area contributed by atoms with E-state index in [0.717, 1.165) is 49.7 Å². The van der Waals surface area contributed by atoms with Gasteiger partial charge in [-0.05, 0) is 19.9 Å². The summed E-state index contributed by atoms with van der Waals surface area (Å²) in [6.45, 7) is 7.22. The fourth-order valence-electron chi connectivity index (χ4n) is 4.71. The van der Waals surface area contributed by atoms with E-state index in [4.69, 9.17) is 0 Å². The van der Waals surface area contributed by atoms with E-state index in [1.165, 1.54) is 0 Å². The molecule has 3 heterocycles. The number of sulfonamides is 1. The number of piperazine rings is 1. The van der Waals surface area contributed by atoms with E-state index in [9.17, 15) is 18.0 Å². The van der Waals surface area contributed by atoms with Crippen molar-refractivity contribution in [3.8, 4) is 0 Å². The van der Waals surface area contributed by atoms with Gasteiger partial charge in [0, 0.05) is 45.3 Å². The molecule has 0 spiro atoms. The van der Waals surface area contributed by atoms with Crippen LogP contribution in [0.3, 0.4) is 0 Å². The summed E-state index contributed by atoms with van der Waals surface area (Å²) in [5.41, 5.74) is 0. The predicted octanol–water partition coefficient (Wildman–Crippen LogP) is -0.0224. The van der Waals surface area contributed by atoms with E-state index in [1.807, 2.05) is 13.0 Å². The molecule has 28 heavy (non-hydrogen) atoms. The lowest BCUT2D eigenvalue weighted by atomic mass is 9.94. The summed E-state index contributed by atoms with van der Waals surface area (Å²) < 4.78 is 25.4. The number of hydrogen-bond acceptors (Lipinski definition) is 6. The van der Waals surface area contributed by atoms with E-state index in [0.29, 0.717) is 19.4 Å². The number of nitrogens with zero attached hydrogens (tertiary/aromatic N) is 4. The van der Waals surface area contributed by atoms with Gasteiger partial charge in [0.05, 0.1) is 24.3 Å². The molecule has 3 fully saturated rings. The minimum Gasteiger partial charge on any atom is -0.333 e. The first-order valence-corrected chi connectivity index (χ1v) is 12.0. The number of likely N-dealkylation sites (tertiary alicyclic amines) is 1. The first-order chi connectivity index (χ1) is 13.2. The highest BCUT2D eigenvalue weighted by Crippen LogP contribution is 2.40. The van der Waals surface area contributed by atoms with Gasteiger partial charge in [-0.2, -0.15) is 0 Å². The number of carbonyl (C=O) groups is 2. The Morgan fingerprint density at radius 1 is 1.18 bits per heavy atom. The van der Waals surface area contributed by atoms with Crippen molar-refractivity contribution in [1.29, 1.82) is 0 Å². The quantitative estimate of drug-likeness (QED) is 0.571. The van der Waals surface area contributed by atoms with Gasteiger partial charge in [-0.25, -0.2) is 12.7 Å². The molecule has 0 N–H and O–H groups in total. The number of likely N-dealkylation sites (N-methyl/N-ethyl adjacent to an activating group) is 1. The fourth-order valence-corrected chi connectivity index (χ4v) is 5.90. The van der Waals surface area contributed by atoms with E-state index < -0.39 is 22.0 Å². The van der Waals surface area contributed by atoms with Gasteiger partial charge in [0.25, 0.3) is 0 Å². The molecular formula is C19H32N4O4S. The summed E-state index contributed by atoms with van der Waals surface area (Å²) in [6, 6.07) is -0.767. The van der Waals surface area contributed by atoms with Crippen LogP contribution in [-0.4, -0.2) is 104 Å². The van der Waals surface area contributed by atoms with Crippen LogP contribution < -0.4 is 0 Å². The number of amides is 2. The molecule has 3 aliphatic rings. The van der Waals surface area contributed by atoms with Gasteiger partial charge in [0.1, 0.15) is 0 Å². The second-order valence-corrected chi connectivity index (χ2v) is 10.0. The van der Waals surface area contributed by atoms with Gasteiger partial charge in [0.2, 0.25) is 21.8 Å². The minimum absolute atomic E-state index is 0.120. The molecule has 3 aliphatic heterocycles. The molecule has 0 aromatic rings. The Morgan fingerprint density at radius 3 is 2.46 bits per heavy atom. The van der Waals surface area contributed by atoms with Crippen LogP contribution in [0.25, 0.3) is 0 Å². The Labute approximate surface area is 168 Å². The Balaban J connectivity index is 1.68. The highest BCUT2D eigenvalue weighted by Gasteiger charge is 2.56. The molecule has 0 aliphatic carbocycles. The molecule has 0 aromatic carbocycles. The van der Waals surface area contributed by atoms with Crippen LogP contribution in [0.2, 0.25) is 0 Å². The molecule has 158 valence electrons. The average Bonchev–Trinajstić information content (AvgIpc) is 3.15. The van der Waals surface area contributed by atoms with Crippen LogP contribution in [-0.2, 0) is 19.6 Å². The zero-order valence-electron chi connectivity index (χ0n) is 17.1. The van der Waals surface area contributed by atoms with Crippen molar-refractivity contribution < 1.29 is 18.0 Å². The van der Waals surface area contributed by atoms with Gasteiger partial charge in [-0.1, -0.05) is 19.4 Å². The lowest BCUT2D eigenvalue weighted by Gasteiger charge is -2.31. The molecule has 0 saturated carbocycles. The van der Waals surface area contributed by atoms with Crippen LogP contribution in [0.4, 0.5) is 0 Å². The highest BCUT2D eigenvalue weighted by molar-refractivity contribution is 7.88. The largest absolute Gasteiger partial charge is 0.333 e. The van der Waals surface area contributed by atoms with Crippen LogP contribution in [0.15, 0.2) is 12.2 Å². The topological polar surface area (TPSA) is 81.2 Å². The van der Waals surface area contributed by atoms with Crippen molar-refractivity contribution >= 4 is 21.8 Å². The van der Waals surface area contributed by atoms with E-state index in [2.05, 4.69) is 16.8 Å². The first-order valence-electron chi connectivity index (χ1n) is 10.1. The molecule has 0 unspecified atom stereocenters. The molecule has 3 rings (SSSR count). The third-order valence-corrected chi connectivity index (χ3v) is 7.29. The van der Waals surface area contributed by atoms with Gasteiger partial charge >= 0.3 is 0 Å². The maximum absolute atomic E-state index is 12.8. The molecule has 8 nitrogen and oxygen atoms in total. The van der Waals surface area contributed by atoms with Crippen molar-refractivity contribution in [1.82, 2.24) is 19.0 Å². The minimum atomic E-state index is -3.63. The van der Waals surface area contributed by atoms with Gasteiger partial charge in [-0.3, -0.25) is 14.5 Å². The molecule has 3 saturated heterocycles. The Bertz CT molecular complexity index is 730. The van der Waals surface area contributed by atoms with Crippen LogP contribution in [0.5, 0.6) is 0 Å². The third kappa shape index (κ3) is 4.26. The molecule has 0 aromatic heterocycles. The molecular weight excluding hydrogens is 380 g/mol. The predicted molar refractivity (Wildman–Crippen MR) is 107 cm³/mol. The second kappa shape index (κ2) is 8.51. The maximum atomic E-state index is 12.8. The van der Waals surface area contributed by atoms with Crippen molar-refractivity contribution in [2.45, 2.75) is 38.3 Å². The summed E-state index contributed by atoms with van der Waals surface area (Å²) in [4.78, 5) is 31.9. The normalized spacial score (nSPS) is 29.8. The lowest BCUT2D eigenvalue weighted by Crippen LogP contribution is -2.44. The summed E-state index contributed by atoms with van der Waals surface area (Å²) >= 11 is 0. The standard InChI is InChI=1S/C19H32N4O4S/c1-4-6-15-18-16(23(19(15)25)28(3,26)27)8-10-22(18)17(24)7-5-9-21-13-11-20(2)12-14-21/h5,7,15-16,18H,4,6,8-14H2,1-3H3/b7-5+/t15-,16+,18-/m1/s1. The van der Waals surface area contributed by atoms with E-state index in [-0.39, 0.29) is 17.9 Å². The van der Waals surface area contributed by atoms with Gasteiger partial charge in [-0.15, -0.1) is 0 Å². The van der Waals surface area contributed by atoms with Gasteiger partial charge in [0.15, 0.2) is 0 Å². The fraction of sp³-hybridized carbons (Fsp3) is 0.789. The summed E-state index contributed by atoms with van der Waals surface area (Å²) in [7, 11) is -1.52. The maximum Gasteiger partial charge on any atom is 0.246 e. The van der Waals surface area contributed by atoms with Crippen LogP contribution in [0, 0.1) is 5.92 Å². The molecule has 2 amide bonds. The van der Waals surface area contributed by atoms with Crippen LogP contribution >= 0.6 is 0 Å². The highest BCUT2D eigenvalue weighted by atomic mass is 32.2. The first kappa shape index (κ1) is 21.3. The number of carbonyl (C=O) groups excluding carboxylic acids is 2. The van der Waals surface area contributed by atoms with Crippen molar-refractivity contribution in [3.63, 3.8) is 0 Å². The zero-order valence-corrected chi connectivity index (χ0v) is 17.9. The monoisotopic (exact) mass is 412 g/mol. The van der Waals surface area contributed by atoms with E-state index in [1.54, 1.807) is 11.0 Å². The van der Waals surface area contributed by atoms with Gasteiger partial charge < -0.3 is 9.80 Å². The zero-order chi connectivity index (χ0) is 20.5. The lowest BCUT2D eigenvalue weighted by molar-refractivity contribution is -0.130. The van der Waals surface area contributed by atoms with Crippen molar-refractivity contribution in [2.75, 3.05) is 52.6 Å². The SMILES string of the molecule is CCC[C@H]1C(=O)N(S(C)(=O)=O)[C@H]2CCN(C(=O)/C=C/CN3CCN(C)CC3)[C@H]12. The van der Waals surface area contributed by atoms with E-state index >= 15 is 0 Å². The van der Waals surface area contributed by atoms with Crippen molar-refractivity contribution in [2.24, 2.45) is 5.92 Å². The molecule has 0 radical (unpaired) electrons. The third-order valence-electron chi connectivity index (χ3n) is 6.13. The Kier molecular flexibility index (Phi) is 6.46. The summed E-state index contributed by atoms with van der Waals surface area (Å²) in [6.07, 6.45) is 6.45. The number of hydrogen-bond donors (Lipinski definition) is 0. The summed E-state index contributed by atoms with van der Waals surface area (Å²) in [5, 5.41) is 0. The number of fused-ring (bicyclic) bond motifs is 1. The van der Waals surface area contributed by atoms with Crippen molar-refractivity contribution in [3.05, 3.63) is 12.2 Å². The average molecular weight is 413 g/mol. The number of rotatable bonds is 6.